The summed E-state index contributed by atoms with van der Waals surface area (Å²) in [6.07, 6.45) is 0. The Morgan fingerprint density at radius 2 is 1.84 bits per heavy atom. The highest BCUT2D eigenvalue weighted by Gasteiger charge is 1.98. The number of thioether (sulfide) groups is 2. The van der Waals surface area contributed by atoms with Crippen molar-refractivity contribution in [2.24, 2.45) is 0 Å². The Labute approximate surface area is 130 Å². The molecule has 0 N–H and O–H groups in total. The lowest BCUT2D eigenvalue weighted by atomic mass is 10.2. The first-order valence-corrected chi connectivity index (χ1v) is 8.94. The van der Waals surface area contributed by atoms with Gasteiger partial charge in [0.1, 0.15) is 0 Å². The van der Waals surface area contributed by atoms with Crippen LogP contribution in [0.1, 0.15) is 12.5 Å². The Bertz CT molecular complexity index is 390. The lowest BCUT2D eigenvalue weighted by Gasteiger charge is -2.06. The molecule has 0 bridgehead atoms. The molecule has 0 spiro atoms. The molecule has 1 aromatic carbocycles. The van der Waals surface area contributed by atoms with Crippen LogP contribution in [0, 0.1) is 0 Å². The molecule has 0 fully saturated rings. The SMILES string of the molecule is C=C(C)C(=S)OCCSCCSCc1ccccc1. The Balaban J connectivity index is 1.92. The van der Waals surface area contributed by atoms with Gasteiger partial charge in [-0.1, -0.05) is 36.9 Å². The van der Waals surface area contributed by atoms with Gasteiger partial charge in [0.05, 0.1) is 6.61 Å². The number of benzene rings is 1. The van der Waals surface area contributed by atoms with E-state index in [1.807, 2.05) is 30.4 Å². The second kappa shape index (κ2) is 10.4. The summed E-state index contributed by atoms with van der Waals surface area (Å²) in [6.45, 7) is 6.30. The van der Waals surface area contributed by atoms with Crippen LogP contribution in [-0.4, -0.2) is 28.9 Å². The van der Waals surface area contributed by atoms with Gasteiger partial charge in [-0.05, 0) is 30.3 Å². The highest BCUT2D eigenvalue weighted by Crippen LogP contribution is 2.13. The van der Waals surface area contributed by atoms with E-state index in [0.717, 1.165) is 22.8 Å². The third-order valence-corrected chi connectivity index (χ3v) is 5.00. The molecular weight excluding hydrogens is 292 g/mol. The molecule has 0 aliphatic rings. The summed E-state index contributed by atoms with van der Waals surface area (Å²) in [6, 6.07) is 10.6. The van der Waals surface area contributed by atoms with E-state index in [2.05, 4.69) is 36.9 Å². The number of thiocarbonyl (C=S) groups is 1. The standard InChI is InChI=1S/C15H20OS3/c1-13(2)15(17)16-8-9-18-10-11-19-12-14-6-4-3-5-7-14/h3-7H,1,8-12H2,2H3. The van der Waals surface area contributed by atoms with Gasteiger partial charge in [0.25, 0.3) is 0 Å². The van der Waals surface area contributed by atoms with Gasteiger partial charge in [-0.2, -0.15) is 23.5 Å². The molecule has 0 aliphatic heterocycles. The molecule has 19 heavy (non-hydrogen) atoms. The highest BCUT2D eigenvalue weighted by atomic mass is 32.2. The Hall–Kier alpha value is -0.450. The lowest BCUT2D eigenvalue weighted by Crippen LogP contribution is -2.06. The van der Waals surface area contributed by atoms with Gasteiger partial charge in [0.15, 0.2) is 5.05 Å². The number of ether oxygens (including phenoxy) is 1. The summed E-state index contributed by atoms with van der Waals surface area (Å²) in [4.78, 5) is 0. The van der Waals surface area contributed by atoms with Crippen molar-refractivity contribution in [3.05, 3.63) is 48.0 Å². The van der Waals surface area contributed by atoms with Crippen LogP contribution in [0.3, 0.4) is 0 Å². The minimum atomic E-state index is 0.541. The van der Waals surface area contributed by atoms with Crippen molar-refractivity contribution in [3.63, 3.8) is 0 Å². The van der Waals surface area contributed by atoms with Crippen LogP contribution in [0.2, 0.25) is 0 Å². The quantitative estimate of drug-likeness (QED) is 0.375. The van der Waals surface area contributed by atoms with Crippen LogP contribution in [0.25, 0.3) is 0 Å². The Morgan fingerprint density at radius 3 is 2.53 bits per heavy atom. The van der Waals surface area contributed by atoms with Crippen LogP contribution in [0.15, 0.2) is 42.5 Å². The zero-order chi connectivity index (χ0) is 13.9. The molecule has 0 amide bonds. The molecule has 0 atom stereocenters. The zero-order valence-electron chi connectivity index (χ0n) is 11.3. The maximum Gasteiger partial charge on any atom is 0.186 e. The molecule has 0 aromatic heterocycles. The monoisotopic (exact) mass is 312 g/mol. The van der Waals surface area contributed by atoms with E-state index in [0.29, 0.717) is 11.7 Å². The molecule has 104 valence electrons. The summed E-state index contributed by atoms with van der Waals surface area (Å²) in [5.41, 5.74) is 2.23. The fourth-order valence-electron chi connectivity index (χ4n) is 1.30. The van der Waals surface area contributed by atoms with E-state index in [9.17, 15) is 0 Å². The molecular formula is C15H20OS3. The fraction of sp³-hybridized carbons (Fsp3) is 0.400. The van der Waals surface area contributed by atoms with Gasteiger partial charge >= 0.3 is 0 Å². The zero-order valence-corrected chi connectivity index (χ0v) is 13.7. The molecule has 0 saturated heterocycles. The van der Waals surface area contributed by atoms with Gasteiger partial charge in [-0.25, -0.2) is 0 Å². The van der Waals surface area contributed by atoms with E-state index < -0.39 is 0 Å². The maximum atomic E-state index is 5.38. The van der Waals surface area contributed by atoms with Crippen LogP contribution < -0.4 is 0 Å². The summed E-state index contributed by atoms with van der Waals surface area (Å²) in [5, 5.41) is 0.541. The first-order valence-electron chi connectivity index (χ1n) is 6.22. The van der Waals surface area contributed by atoms with E-state index in [1.54, 1.807) is 0 Å². The van der Waals surface area contributed by atoms with Crippen molar-refractivity contribution in [2.45, 2.75) is 12.7 Å². The number of hydrogen-bond donors (Lipinski definition) is 0. The molecule has 0 heterocycles. The fourth-order valence-corrected chi connectivity index (χ4v) is 3.30. The molecule has 1 rings (SSSR count). The summed E-state index contributed by atoms with van der Waals surface area (Å²) < 4.78 is 5.38. The minimum Gasteiger partial charge on any atom is -0.482 e. The van der Waals surface area contributed by atoms with Crippen LogP contribution in [0.5, 0.6) is 0 Å². The summed E-state index contributed by atoms with van der Waals surface area (Å²) >= 11 is 8.90. The Morgan fingerprint density at radius 1 is 1.16 bits per heavy atom. The van der Waals surface area contributed by atoms with Crippen LogP contribution in [0.4, 0.5) is 0 Å². The molecule has 1 aromatic rings. The number of hydrogen-bond acceptors (Lipinski definition) is 4. The first-order chi connectivity index (χ1) is 9.20. The molecule has 1 nitrogen and oxygen atoms in total. The van der Waals surface area contributed by atoms with Crippen LogP contribution >= 0.6 is 35.7 Å². The minimum absolute atomic E-state index is 0.541. The van der Waals surface area contributed by atoms with Gasteiger partial charge in [0, 0.05) is 23.0 Å². The summed E-state index contributed by atoms with van der Waals surface area (Å²) in [7, 11) is 0. The third kappa shape index (κ3) is 8.35. The van der Waals surface area contributed by atoms with Crippen molar-refractivity contribution in [1.29, 1.82) is 0 Å². The van der Waals surface area contributed by atoms with Crippen molar-refractivity contribution < 1.29 is 4.74 Å². The molecule has 0 unspecified atom stereocenters. The lowest BCUT2D eigenvalue weighted by molar-refractivity contribution is 0.341. The first kappa shape index (κ1) is 16.6. The molecule has 0 radical (unpaired) electrons. The normalized spacial score (nSPS) is 10.2. The smallest absolute Gasteiger partial charge is 0.186 e. The predicted octanol–water partition coefficient (Wildman–Crippen LogP) is 4.57. The summed E-state index contributed by atoms with van der Waals surface area (Å²) in [5.74, 6) is 4.40. The van der Waals surface area contributed by atoms with Crippen LogP contribution in [-0.2, 0) is 10.5 Å². The van der Waals surface area contributed by atoms with Gasteiger partial charge in [-0.3, -0.25) is 0 Å². The highest BCUT2D eigenvalue weighted by molar-refractivity contribution is 8.02. The van der Waals surface area contributed by atoms with Crippen molar-refractivity contribution in [1.82, 2.24) is 0 Å². The Kier molecular flexibility index (Phi) is 9.05. The maximum absolute atomic E-state index is 5.38. The van der Waals surface area contributed by atoms with E-state index in [4.69, 9.17) is 17.0 Å². The van der Waals surface area contributed by atoms with E-state index >= 15 is 0 Å². The average Bonchev–Trinajstić information content (AvgIpc) is 2.42. The largest absolute Gasteiger partial charge is 0.482 e. The van der Waals surface area contributed by atoms with Crippen molar-refractivity contribution in [3.8, 4) is 0 Å². The molecule has 0 aliphatic carbocycles. The van der Waals surface area contributed by atoms with Crippen molar-refractivity contribution >= 4 is 40.8 Å². The molecule has 4 heteroatoms. The molecule has 0 saturated carbocycles. The second-order valence-electron chi connectivity index (χ2n) is 4.07. The number of rotatable bonds is 9. The van der Waals surface area contributed by atoms with Crippen molar-refractivity contribution in [2.75, 3.05) is 23.9 Å². The van der Waals surface area contributed by atoms with E-state index in [1.165, 1.54) is 11.3 Å². The topological polar surface area (TPSA) is 9.23 Å². The van der Waals surface area contributed by atoms with E-state index in [-0.39, 0.29) is 0 Å². The van der Waals surface area contributed by atoms with Gasteiger partial charge in [-0.15, -0.1) is 0 Å². The predicted molar refractivity (Wildman–Crippen MR) is 93.3 cm³/mol. The van der Waals surface area contributed by atoms with Gasteiger partial charge in [0.2, 0.25) is 0 Å². The third-order valence-electron chi connectivity index (χ3n) is 2.29. The van der Waals surface area contributed by atoms with Gasteiger partial charge < -0.3 is 4.74 Å². The average molecular weight is 313 g/mol. The second-order valence-corrected chi connectivity index (χ2v) is 6.77.